The number of pyridine rings is 1. The van der Waals surface area contributed by atoms with E-state index in [1.54, 1.807) is 0 Å². The maximum atomic E-state index is 4.88. The van der Waals surface area contributed by atoms with Crippen LogP contribution in [0.2, 0.25) is 0 Å². The van der Waals surface area contributed by atoms with E-state index in [1.807, 2.05) is 28.8 Å². The summed E-state index contributed by atoms with van der Waals surface area (Å²) in [4.78, 5) is 7.44. The van der Waals surface area contributed by atoms with E-state index in [2.05, 4.69) is 63.0 Å². The van der Waals surface area contributed by atoms with Gasteiger partial charge in [-0.25, -0.2) is 0 Å². The Labute approximate surface area is 178 Å². The quantitative estimate of drug-likeness (QED) is 0.445. The van der Waals surface area contributed by atoms with Gasteiger partial charge in [0.15, 0.2) is 11.6 Å². The summed E-state index contributed by atoms with van der Waals surface area (Å²) < 4.78 is 2.03. The minimum Gasteiger partial charge on any atom is -0.357 e. The first-order valence-electron chi connectivity index (χ1n) is 10.9. The van der Waals surface area contributed by atoms with Crippen LogP contribution in [0.15, 0.2) is 59.7 Å². The third-order valence-corrected chi connectivity index (χ3v) is 5.56. The second-order valence-electron chi connectivity index (χ2n) is 7.69. The van der Waals surface area contributed by atoms with Crippen molar-refractivity contribution in [1.82, 2.24) is 30.1 Å². The van der Waals surface area contributed by atoms with Gasteiger partial charge in [-0.1, -0.05) is 36.4 Å². The number of nitrogens with one attached hydrogen (secondary N) is 2. The van der Waals surface area contributed by atoms with Gasteiger partial charge in [0.05, 0.1) is 6.54 Å². The van der Waals surface area contributed by atoms with Gasteiger partial charge in [-0.3, -0.25) is 14.3 Å². The fraction of sp³-hybridized carbons (Fsp3) is 0.435. The van der Waals surface area contributed by atoms with Crippen molar-refractivity contribution >= 4 is 11.6 Å². The molecule has 1 aliphatic rings. The van der Waals surface area contributed by atoms with Crippen molar-refractivity contribution in [2.75, 3.05) is 26.2 Å². The smallest absolute Gasteiger partial charge is 0.191 e. The lowest BCUT2D eigenvalue weighted by atomic mass is 10.2. The largest absolute Gasteiger partial charge is 0.357 e. The van der Waals surface area contributed by atoms with Crippen LogP contribution in [-0.2, 0) is 13.0 Å². The van der Waals surface area contributed by atoms with Gasteiger partial charge < -0.3 is 10.6 Å². The van der Waals surface area contributed by atoms with E-state index in [0.717, 1.165) is 56.6 Å². The summed E-state index contributed by atoms with van der Waals surface area (Å²) in [5, 5.41) is 15.3. The van der Waals surface area contributed by atoms with Crippen LogP contribution in [0.1, 0.15) is 31.2 Å². The molecule has 0 spiro atoms. The van der Waals surface area contributed by atoms with E-state index in [-0.39, 0.29) is 0 Å². The number of hydrogen-bond acceptors (Lipinski definition) is 4. The van der Waals surface area contributed by atoms with Crippen molar-refractivity contribution in [2.24, 2.45) is 4.99 Å². The molecule has 0 aliphatic carbocycles. The van der Waals surface area contributed by atoms with Gasteiger partial charge in [0.2, 0.25) is 0 Å². The molecule has 2 N–H and O–H groups in total. The van der Waals surface area contributed by atoms with Crippen LogP contribution in [0, 0.1) is 0 Å². The molecule has 0 bridgehead atoms. The Morgan fingerprint density at radius 1 is 1.10 bits per heavy atom. The molecule has 7 nitrogen and oxygen atoms in total. The lowest BCUT2D eigenvalue weighted by molar-refractivity contribution is 0.250. The van der Waals surface area contributed by atoms with Gasteiger partial charge in [0.1, 0.15) is 5.82 Å². The summed E-state index contributed by atoms with van der Waals surface area (Å²) in [5.41, 5.74) is 2.26. The van der Waals surface area contributed by atoms with Gasteiger partial charge in [0.25, 0.3) is 0 Å². The highest BCUT2D eigenvalue weighted by atomic mass is 15.3. The Balaban J connectivity index is 1.31. The van der Waals surface area contributed by atoms with Crippen LogP contribution in [0.5, 0.6) is 0 Å². The zero-order valence-corrected chi connectivity index (χ0v) is 17.7. The van der Waals surface area contributed by atoms with E-state index in [1.165, 1.54) is 18.4 Å². The molecule has 158 valence electrons. The lowest BCUT2D eigenvalue weighted by Crippen LogP contribution is -2.40. The molecule has 1 fully saturated rings. The fourth-order valence-electron chi connectivity index (χ4n) is 4.02. The van der Waals surface area contributed by atoms with Gasteiger partial charge in [-0.05, 0) is 44.0 Å². The van der Waals surface area contributed by atoms with Crippen molar-refractivity contribution in [3.63, 3.8) is 0 Å². The average molecular weight is 406 g/mol. The number of guanidine groups is 1. The monoisotopic (exact) mass is 405 g/mol. The van der Waals surface area contributed by atoms with E-state index in [0.29, 0.717) is 6.04 Å². The number of likely N-dealkylation sites (tertiary alicyclic amines) is 1. The van der Waals surface area contributed by atoms with Crippen molar-refractivity contribution in [1.29, 1.82) is 0 Å². The maximum absolute atomic E-state index is 4.88. The molecule has 1 aliphatic heterocycles. The molecule has 3 aromatic rings. The van der Waals surface area contributed by atoms with Crippen LogP contribution in [0.25, 0.3) is 5.65 Å². The average Bonchev–Trinajstić information content (AvgIpc) is 3.40. The summed E-state index contributed by atoms with van der Waals surface area (Å²) >= 11 is 0. The van der Waals surface area contributed by atoms with Crippen LogP contribution in [-0.4, -0.2) is 57.7 Å². The van der Waals surface area contributed by atoms with Crippen LogP contribution in [0.3, 0.4) is 0 Å². The summed E-state index contributed by atoms with van der Waals surface area (Å²) in [6.07, 6.45) is 5.25. The molecule has 2 aromatic heterocycles. The second-order valence-corrected chi connectivity index (χ2v) is 7.69. The number of aromatic nitrogens is 3. The number of fused-ring (bicyclic) bond motifs is 1. The Morgan fingerprint density at radius 2 is 1.97 bits per heavy atom. The third-order valence-electron chi connectivity index (χ3n) is 5.56. The number of nitrogens with zero attached hydrogens (tertiary/aromatic N) is 5. The zero-order valence-electron chi connectivity index (χ0n) is 17.7. The Hall–Kier alpha value is -2.93. The van der Waals surface area contributed by atoms with E-state index < -0.39 is 0 Å². The standard InChI is InChI=1S/C23H31N7/c1-2-24-23(25-14-13-22-28-27-21-12-6-7-16-30(21)22)26-17-20-11-8-15-29(20)18-19-9-4-3-5-10-19/h3-7,9-10,12,16,20H,2,8,11,13-15,17-18H2,1H3,(H2,24,25,26). The molecule has 0 saturated carbocycles. The zero-order chi connectivity index (χ0) is 20.6. The fourth-order valence-corrected chi connectivity index (χ4v) is 4.02. The molecule has 1 saturated heterocycles. The number of rotatable bonds is 8. The molecule has 7 heteroatoms. The van der Waals surface area contributed by atoms with Crippen LogP contribution >= 0.6 is 0 Å². The van der Waals surface area contributed by atoms with Gasteiger partial charge in [-0.2, -0.15) is 0 Å². The minimum absolute atomic E-state index is 0.501. The number of hydrogen-bond donors (Lipinski definition) is 2. The number of aliphatic imine (C=N–C) groups is 1. The topological polar surface area (TPSA) is 69.8 Å². The van der Waals surface area contributed by atoms with Gasteiger partial charge in [0, 0.05) is 38.3 Å². The van der Waals surface area contributed by atoms with Gasteiger partial charge >= 0.3 is 0 Å². The predicted octanol–water partition coefficient (Wildman–Crippen LogP) is 2.49. The minimum atomic E-state index is 0.501. The highest BCUT2D eigenvalue weighted by Crippen LogP contribution is 2.20. The van der Waals surface area contributed by atoms with Crippen LogP contribution < -0.4 is 10.6 Å². The lowest BCUT2D eigenvalue weighted by Gasteiger charge is -2.23. The van der Waals surface area contributed by atoms with E-state index >= 15 is 0 Å². The Morgan fingerprint density at radius 3 is 2.83 bits per heavy atom. The van der Waals surface area contributed by atoms with Crippen molar-refractivity contribution in [2.45, 2.75) is 38.8 Å². The predicted molar refractivity (Wildman–Crippen MR) is 121 cm³/mol. The van der Waals surface area contributed by atoms with E-state index in [9.17, 15) is 0 Å². The Bertz CT molecular complexity index is 950. The maximum Gasteiger partial charge on any atom is 0.191 e. The summed E-state index contributed by atoms with van der Waals surface area (Å²) in [6, 6.07) is 17.2. The SMILES string of the molecule is CCNC(=NCC1CCCN1Cc1ccccc1)NCCc1nnc2ccccn12. The van der Waals surface area contributed by atoms with Crippen molar-refractivity contribution in [3.8, 4) is 0 Å². The summed E-state index contributed by atoms with van der Waals surface area (Å²) in [5.74, 6) is 1.83. The van der Waals surface area contributed by atoms with Crippen molar-refractivity contribution in [3.05, 3.63) is 66.1 Å². The molecule has 4 rings (SSSR count). The highest BCUT2D eigenvalue weighted by molar-refractivity contribution is 5.79. The highest BCUT2D eigenvalue weighted by Gasteiger charge is 2.24. The summed E-state index contributed by atoms with van der Waals surface area (Å²) in [6.45, 7) is 6.68. The molecule has 30 heavy (non-hydrogen) atoms. The Kier molecular flexibility index (Phi) is 6.92. The molecule has 1 aromatic carbocycles. The molecule has 0 amide bonds. The number of benzene rings is 1. The molecule has 1 atom stereocenters. The van der Waals surface area contributed by atoms with E-state index in [4.69, 9.17) is 4.99 Å². The van der Waals surface area contributed by atoms with Crippen LogP contribution in [0.4, 0.5) is 0 Å². The first kappa shape index (κ1) is 20.3. The molecule has 1 unspecified atom stereocenters. The third kappa shape index (κ3) is 5.16. The normalized spacial score (nSPS) is 17.5. The molecule has 0 radical (unpaired) electrons. The molecular formula is C23H31N7. The van der Waals surface area contributed by atoms with Gasteiger partial charge in [-0.15, -0.1) is 10.2 Å². The van der Waals surface area contributed by atoms with Crippen molar-refractivity contribution < 1.29 is 0 Å². The molecule has 3 heterocycles. The first-order chi connectivity index (χ1) is 14.8. The molecular weight excluding hydrogens is 374 g/mol. The second kappa shape index (κ2) is 10.2. The summed E-state index contributed by atoms with van der Waals surface area (Å²) in [7, 11) is 0. The first-order valence-corrected chi connectivity index (χ1v) is 10.9.